The molecule has 0 saturated carbocycles. The van der Waals surface area contributed by atoms with Crippen LogP contribution in [0.4, 0.5) is 0 Å². The van der Waals surface area contributed by atoms with Gasteiger partial charge in [0, 0.05) is 16.9 Å². The van der Waals surface area contributed by atoms with E-state index >= 15 is 0 Å². The minimum absolute atomic E-state index is 0.107. The Bertz CT molecular complexity index is 1130. The van der Waals surface area contributed by atoms with Crippen molar-refractivity contribution in [1.29, 1.82) is 0 Å². The number of halogens is 1. The molecule has 0 amide bonds. The van der Waals surface area contributed by atoms with Crippen molar-refractivity contribution in [1.82, 2.24) is 14.1 Å². The van der Waals surface area contributed by atoms with Gasteiger partial charge in [-0.15, -0.1) is 0 Å². The van der Waals surface area contributed by atoms with Gasteiger partial charge in [-0.2, -0.15) is 0 Å². The Morgan fingerprint density at radius 3 is 2.58 bits per heavy atom. The molecule has 2 aromatic carbocycles. The molecule has 0 aliphatic carbocycles. The van der Waals surface area contributed by atoms with Crippen LogP contribution in [0.15, 0.2) is 57.9 Å². The minimum atomic E-state index is -0.107. The van der Waals surface area contributed by atoms with Gasteiger partial charge in [-0.1, -0.05) is 15.9 Å². The Kier molecular flexibility index (Phi) is 3.42. The maximum atomic E-state index is 12.8. The van der Waals surface area contributed by atoms with Crippen molar-refractivity contribution in [3.63, 3.8) is 0 Å². The number of pyridine rings is 1. The van der Waals surface area contributed by atoms with Gasteiger partial charge in [-0.05, 0) is 42.5 Å². The van der Waals surface area contributed by atoms with Crippen LogP contribution in [0.5, 0.6) is 5.75 Å². The molecule has 120 valence electrons. The molecule has 0 radical (unpaired) electrons. The molecule has 2 heterocycles. The number of ether oxygens (including phenoxy) is 1. The first-order valence-electron chi connectivity index (χ1n) is 7.40. The highest BCUT2D eigenvalue weighted by Crippen LogP contribution is 2.28. The van der Waals surface area contributed by atoms with E-state index in [0.29, 0.717) is 0 Å². The predicted molar refractivity (Wildman–Crippen MR) is 98.1 cm³/mol. The van der Waals surface area contributed by atoms with E-state index in [2.05, 4.69) is 20.9 Å². The second-order valence-corrected chi connectivity index (χ2v) is 6.44. The van der Waals surface area contributed by atoms with E-state index in [-0.39, 0.29) is 5.69 Å². The number of methoxy groups -OCH3 is 1. The molecule has 0 unspecified atom stereocenters. The zero-order chi connectivity index (χ0) is 16.8. The van der Waals surface area contributed by atoms with Gasteiger partial charge >= 0.3 is 5.69 Å². The fourth-order valence-corrected chi connectivity index (χ4v) is 3.30. The first kappa shape index (κ1) is 15.0. The molecule has 2 aromatic heterocycles. The second kappa shape index (κ2) is 5.49. The van der Waals surface area contributed by atoms with Gasteiger partial charge in [0.2, 0.25) is 0 Å². The summed E-state index contributed by atoms with van der Waals surface area (Å²) in [5, 5.41) is 0.926. The number of hydrogen-bond acceptors (Lipinski definition) is 3. The third-order valence-electron chi connectivity index (χ3n) is 4.18. The summed E-state index contributed by atoms with van der Waals surface area (Å²) in [6.45, 7) is 0. The quantitative estimate of drug-likeness (QED) is 0.530. The third kappa shape index (κ3) is 2.14. The van der Waals surface area contributed by atoms with E-state index in [1.807, 2.05) is 42.5 Å². The number of aryl methyl sites for hydroxylation is 1. The maximum Gasteiger partial charge on any atom is 0.333 e. The molecule has 5 nitrogen and oxygen atoms in total. The lowest BCUT2D eigenvalue weighted by Crippen LogP contribution is -2.20. The zero-order valence-corrected chi connectivity index (χ0v) is 14.7. The number of benzene rings is 2. The average Bonchev–Trinajstić information content (AvgIpc) is 2.87. The number of imidazole rings is 1. The van der Waals surface area contributed by atoms with Crippen LogP contribution >= 0.6 is 15.9 Å². The molecule has 6 heteroatoms. The lowest BCUT2D eigenvalue weighted by atomic mass is 10.2. The molecule has 0 aliphatic rings. The lowest BCUT2D eigenvalue weighted by Gasteiger charge is -2.07. The Hall–Kier alpha value is -2.60. The Morgan fingerprint density at radius 2 is 1.88 bits per heavy atom. The van der Waals surface area contributed by atoms with Crippen molar-refractivity contribution in [2.24, 2.45) is 7.05 Å². The van der Waals surface area contributed by atoms with Gasteiger partial charge in [0.1, 0.15) is 5.75 Å². The molecule has 0 atom stereocenters. The molecule has 0 saturated heterocycles. The summed E-state index contributed by atoms with van der Waals surface area (Å²) in [5.41, 5.74) is 3.17. The molecule has 0 aliphatic heterocycles. The second-order valence-electron chi connectivity index (χ2n) is 5.53. The van der Waals surface area contributed by atoms with Crippen molar-refractivity contribution in [3.05, 3.63) is 63.6 Å². The Labute approximate surface area is 146 Å². The summed E-state index contributed by atoms with van der Waals surface area (Å²) in [4.78, 5) is 17.3. The van der Waals surface area contributed by atoms with Crippen molar-refractivity contribution in [2.75, 3.05) is 7.11 Å². The first-order valence-corrected chi connectivity index (χ1v) is 8.19. The van der Waals surface area contributed by atoms with Crippen LogP contribution in [0, 0.1) is 0 Å². The van der Waals surface area contributed by atoms with Crippen LogP contribution in [0.25, 0.3) is 27.6 Å². The smallest absolute Gasteiger partial charge is 0.333 e. The van der Waals surface area contributed by atoms with Gasteiger partial charge in [-0.25, -0.2) is 4.79 Å². The highest BCUT2D eigenvalue weighted by Gasteiger charge is 2.16. The van der Waals surface area contributed by atoms with E-state index < -0.39 is 0 Å². The predicted octanol–water partition coefficient (Wildman–Crippen LogP) is 3.65. The van der Waals surface area contributed by atoms with Crippen molar-refractivity contribution < 1.29 is 4.74 Å². The molecule has 0 bridgehead atoms. The van der Waals surface area contributed by atoms with E-state index in [9.17, 15) is 4.79 Å². The molecule has 0 spiro atoms. The summed E-state index contributed by atoms with van der Waals surface area (Å²) in [6, 6.07) is 13.3. The van der Waals surface area contributed by atoms with Crippen LogP contribution in [0.3, 0.4) is 0 Å². The SMILES string of the molecule is COc1ccc(-n2c(=O)n(C)c3cnc4ccc(Br)cc4c32)cc1. The molecule has 0 fully saturated rings. The summed E-state index contributed by atoms with van der Waals surface area (Å²) in [6.07, 6.45) is 1.74. The largest absolute Gasteiger partial charge is 0.497 e. The van der Waals surface area contributed by atoms with E-state index in [4.69, 9.17) is 4.74 Å². The van der Waals surface area contributed by atoms with Crippen molar-refractivity contribution in [3.8, 4) is 11.4 Å². The van der Waals surface area contributed by atoms with E-state index in [1.165, 1.54) is 0 Å². The van der Waals surface area contributed by atoms with Gasteiger partial charge in [0.15, 0.2) is 0 Å². The molecular weight excluding hydrogens is 370 g/mol. The topological polar surface area (TPSA) is 49.0 Å². The number of rotatable bonds is 2. The van der Waals surface area contributed by atoms with E-state index in [1.54, 1.807) is 29.5 Å². The van der Waals surface area contributed by atoms with Gasteiger partial charge in [0.25, 0.3) is 0 Å². The number of hydrogen-bond donors (Lipinski definition) is 0. The van der Waals surface area contributed by atoms with Gasteiger partial charge < -0.3 is 4.74 Å². The number of fused-ring (bicyclic) bond motifs is 3. The van der Waals surface area contributed by atoms with Crippen molar-refractivity contribution >= 4 is 37.9 Å². The van der Waals surface area contributed by atoms with Crippen LogP contribution in [-0.2, 0) is 7.05 Å². The normalized spacial score (nSPS) is 11.3. The van der Waals surface area contributed by atoms with Crippen LogP contribution in [-0.4, -0.2) is 21.2 Å². The lowest BCUT2D eigenvalue weighted by molar-refractivity contribution is 0.414. The molecule has 0 N–H and O–H groups in total. The third-order valence-corrected chi connectivity index (χ3v) is 4.67. The minimum Gasteiger partial charge on any atom is -0.497 e. The highest BCUT2D eigenvalue weighted by atomic mass is 79.9. The highest BCUT2D eigenvalue weighted by molar-refractivity contribution is 9.10. The standard InChI is InChI=1S/C18H14BrN3O2/c1-21-16-10-20-15-8-3-11(19)9-14(15)17(16)22(18(21)23)12-4-6-13(24-2)7-5-12/h3-10H,1-2H3. The molecular formula is C18H14BrN3O2. The summed E-state index contributed by atoms with van der Waals surface area (Å²) >= 11 is 3.50. The summed E-state index contributed by atoms with van der Waals surface area (Å²) in [5.74, 6) is 0.751. The molecule has 4 aromatic rings. The van der Waals surface area contributed by atoms with Crippen LogP contribution < -0.4 is 10.4 Å². The van der Waals surface area contributed by atoms with E-state index in [0.717, 1.165) is 37.8 Å². The van der Waals surface area contributed by atoms with Gasteiger partial charge in [0.05, 0.1) is 35.5 Å². The fourth-order valence-electron chi connectivity index (χ4n) is 2.94. The summed E-state index contributed by atoms with van der Waals surface area (Å²) in [7, 11) is 3.38. The fraction of sp³-hybridized carbons (Fsp3) is 0.111. The molecule has 24 heavy (non-hydrogen) atoms. The Morgan fingerprint density at radius 1 is 1.12 bits per heavy atom. The first-order chi connectivity index (χ1) is 11.6. The zero-order valence-electron chi connectivity index (χ0n) is 13.2. The molecule has 4 rings (SSSR count). The average molecular weight is 384 g/mol. The Balaban J connectivity index is 2.15. The maximum absolute atomic E-state index is 12.8. The van der Waals surface area contributed by atoms with Crippen LogP contribution in [0.2, 0.25) is 0 Å². The van der Waals surface area contributed by atoms with Gasteiger partial charge in [-0.3, -0.25) is 14.1 Å². The van der Waals surface area contributed by atoms with Crippen molar-refractivity contribution in [2.45, 2.75) is 0 Å². The number of aromatic nitrogens is 3. The number of nitrogens with zero attached hydrogens (tertiary/aromatic N) is 3. The monoisotopic (exact) mass is 383 g/mol. The van der Waals surface area contributed by atoms with Crippen LogP contribution in [0.1, 0.15) is 0 Å². The summed E-state index contributed by atoms with van der Waals surface area (Å²) < 4.78 is 9.48.